The van der Waals surface area contributed by atoms with Gasteiger partial charge < -0.3 is 9.84 Å². The van der Waals surface area contributed by atoms with Gasteiger partial charge in [0.2, 0.25) is 0 Å². The summed E-state index contributed by atoms with van der Waals surface area (Å²) in [4.78, 5) is 11.7. The van der Waals surface area contributed by atoms with Gasteiger partial charge in [-0.1, -0.05) is 103 Å². The second-order valence-electron chi connectivity index (χ2n) is 7.69. The minimum atomic E-state index is -0.303. The van der Waals surface area contributed by atoms with E-state index in [1.165, 1.54) is 83.1 Å². The Morgan fingerprint density at radius 3 is 1.75 bits per heavy atom. The number of hydrogen-bond donors (Lipinski definition) is 1. The SMILES string of the molecule is CCCCCCCCCCCCCCCCOC(=O)C=Cc1ccc(O)cc1. The highest BCUT2D eigenvalue weighted by atomic mass is 16.5. The van der Waals surface area contributed by atoms with Crippen molar-refractivity contribution in [3.8, 4) is 5.75 Å². The van der Waals surface area contributed by atoms with Crippen LogP contribution in [0.2, 0.25) is 0 Å². The van der Waals surface area contributed by atoms with Gasteiger partial charge in [0.05, 0.1) is 6.61 Å². The van der Waals surface area contributed by atoms with E-state index in [9.17, 15) is 9.90 Å². The number of rotatable bonds is 17. The molecule has 3 heteroatoms. The van der Waals surface area contributed by atoms with Crippen molar-refractivity contribution in [2.75, 3.05) is 6.61 Å². The summed E-state index contributed by atoms with van der Waals surface area (Å²) in [6.45, 7) is 2.77. The molecule has 158 valence electrons. The van der Waals surface area contributed by atoms with Crippen LogP contribution in [0.3, 0.4) is 0 Å². The maximum absolute atomic E-state index is 11.7. The molecule has 3 nitrogen and oxygen atoms in total. The van der Waals surface area contributed by atoms with Crippen molar-refractivity contribution in [3.63, 3.8) is 0 Å². The summed E-state index contributed by atoms with van der Waals surface area (Å²) in [6, 6.07) is 6.71. The summed E-state index contributed by atoms with van der Waals surface area (Å²) >= 11 is 0. The number of carbonyl (C=O) groups excluding carboxylic acids is 1. The Balaban J connectivity index is 1.84. The average molecular weight is 389 g/mol. The summed E-state index contributed by atoms with van der Waals surface area (Å²) in [5.41, 5.74) is 0.867. The van der Waals surface area contributed by atoms with E-state index >= 15 is 0 Å². The molecule has 0 fully saturated rings. The zero-order valence-electron chi connectivity index (χ0n) is 17.8. The van der Waals surface area contributed by atoms with E-state index in [1.807, 2.05) is 0 Å². The molecule has 0 spiro atoms. The van der Waals surface area contributed by atoms with Gasteiger partial charge in [0.25, 0.3) is 0 Å². The van der Waals surface area contributed by atoms with Crippen LogP contribution in [0.5, 0.6) is 5.75 Å². The van der Waals surface area contributed by atoms with E-state index in [0.717, 1.165) is 18.4 Å². The lowest BCUT2D eigenvalue weighted by Gasteiger charge is -2.04. The van der Waals surface area contributed by atoms with E-state index in [4.69, 9.17) is 4.74 Å². The highest BCUT2D eigenvalue weighted by Crippen LogP contribution is 2.13. The minimum Gasteiger partial charge on any atom is -0.508 e. The topological polar surface area (TPSA) is 46.5 Å². The molecule has 0 aliphatic carbocycles. The van der Waals surface area contributed by atoms with Crippen LogP contribution in [-0.4, -0.2) is 17.7 Å². The third kappa shape index (κ3) is 14.3. The van der Waals surface area contributed by atoms with Gasteiger partial charge in [0.1, 0.15) is 5.75 Å². The molecular formula is C25H40O3. The standard InChI is InChI=1S/C25H40O3/c1-2-3-4-5-6-7-8-9-10-11-12-13-14-15-22-28-25(27)21-18-23-16-19-24(26)20-17-23/h16-21,26H,2-15,22H2,1H3. The lowest BCUT2D eigenvalue weighted by atomic mass is 10.0. The molecule has 0 bridgehead atoms. The van der Waals surface area contributed by atoms with Crippen LogP contribution < -0.4 is 0 Å². The molecule has 1 aromatic carbocycles. The van der Waals surface area contributed by atoms with Gasteiger partial charge in [-0.3, -0.25) is 0 Å². The molecule has 0 amide bonds. The minimum absolute atomic E-state index is 0.220. The average Bonchev–Trinajstić information content (AvgIpc) is 2.70. The summed E-state index contributed by atoms with van der Waals surface area (Å²) in [5, 5.41) is 9.22. The Kier molecular flexibility index (Phi) is 15.0. The fraction of sp³-hybridized carbons (Fsp3) is 0.640. The van der Waals surface area contributed by atoms with Crippen LogP contribution >= 0.6 is 0 Å². The van der Waals surface area contributed by atoms with Crippen molar-refractivity contribution in [2.24, 2.45) is 0 Å². The van der Waals surface area contributed by atoms with Gasteiger partial charge in [0, 0.05) is 6.08 Å². The largest absolute Gasteiger partial charge is 0.508 e. The highest BCUT2D eigenvalue weighted by Gasteiger charge is 1.98. The molecule has 0 saturated heterocycles. The number of phenols is 1. The van der Waals surface area contributed by atoms with Crippen molar-refractivity contribution < 1.29 is 14.6 Å². The Bertz CT molecular complexity index is 519. The normalized spacial score (nSPS) is 11.2. The second kappa shape index (κ2) is 17.3. The molecular weight excluding hydrogens is 348 g/mol. The molecule has 0 aromatic heterocycles. The molecule has 0 radical (unpaired) electrons. The van der Waals surface area contributed by atoms with Crippen molar-refractivity contribution >= 4 is 12.0 Å². The first kappa shape index (κ1) is 24.3. The monoisotopic (exact) mass is 388 g/mol. The molecule has 0 unspecified atom stereocenters. The maximum Gasteiger partial charge on any atom is 0.330 e. The number of ether oxygens (including phenoxy) is 1. The molecule has 28 heavy (non-hydrogen) atoms. The van der Waals surface area contributed by atoms with Gasteiger partial charge in [-0.05, 0) is 30.2 Å². The molecule has 0 heterocycles. The first-order valence-corrected chi connectivity index (χ1v) is 11.4. The van der Waals surface area contributed by atoms with Crippen molar-refractivity contribution in [1.82, 2.24) is 0 Å². The summed E-state index contributed by atoms with van der Waals surface area (Å²) < 4.78 is 5.22. The number of aromatic hydroxyl groups is 1. The smallest absolute Gasteiger partial charge is 0.330 e. The van der Waals surface area contributed by atoms with E-state index in [0.29, 0.717) is 6.61 Å². The zero-order chi connectivity index (χ0) is 20.3. The number of unbranched alkanes of at least 4 members (excludes halogenated alkanes) is 13. The molecule has 1 aromatic rings. The third-order valence-corrected chi connectivity index (χ3v) is 5.05. The highest BCUT2D eigenvalue weighted by molar-refractivity contribution is 5.87. The number of benzene rings is 1. The number of hydrogen-bond acceptors (Lipinski definition) is 3. The fourth-order valence-corrected chi connectivity index (χ4v) is 3.27. The number of esters is 1. The van der Waals surface area contributed by atoms with E-state index in [-0.39, 0.29) is 11.7 Å². The molecule has 0 atom stereocenters. The van der Waals surface area contributed by atoms with Gasteiger partial charge in [-0.25, -0.2) is 4.79 Å². The molecule has 0 aliphatic heterocycles. The Hall–Kier alpha value is -1.77. The van der Waals surface area contributed by atoms with Crippen molar-refractivity contribution in [2.45, 2.75) is 96.8 Å². The molecule has 1 N–H and O–H groups in total. The van der Waals surface area contributed by atoms with E-state index in [2.05, 4.69) is 6.92 Å². The summed E-state index contributed by atoms with van der Waals surface area (Å²) in [5.74, 6) is -0.0831. The van der Waals surface area contributed by atoms with Gasteiger partial charge in [-0.2, -0.15) is 0 Å². The zero-order valence-corrected chi connectivity index (χ0v) is 17.8. The number of carbonyl (C=O) groups is 1. The maximum atomic E-state index is 11.7. The fourth-order valence-electron chi connectivity index (χ4n) is 3.27. The van der Waals surface area contributed by atoms with Gasteiger partial charge >= 0.3 is 5.97 Å². The lowest BCUT2D eigenvalue weighted by Crippen LogP contribution is -2.02. The second-order valence-corrected chi connectivity index (χ2v) is 7.69. The van der Waals surface area contributed by atoms with E-state index in [1.54, 1.807) is 30.3 Å². The Labute approximate surface area is 172 Å². The van der Waals surface area contributed by atoms with Crippen LogP contribution in [0.4, 0.5) is 0 Å². The van der Waals surface area contributed by atoms with Crippen LogP contribution in [0.15, 0.2) is 30.3 Å². The summed E-state index contributed by atoms with van der Waals surface area (Å²) in [6.07, 6.45) is 21.6. The summed E-state index contributed by atoms with van der Waals surface area (Å²) in [7, 11) is 0. The van der Waals surface area contributed by atoms with E-state index < -0.39 is 0 Å². The molecule has 0 saturated carbocycles. The van der Waals surface area contributed by atoms with Crippen molar-refractivity contribution in [1.29, 1.82) is 0 Å². The van der Waals surface area contributed by atoms with Crippen LogP contribution in [0, 0.1) is 0 Å². The molecule has 1 rings (SSSR count). The number of phenolic OH excluding ortho intramolecular Hbond substituents is 1. The predicted molar refractivity (Wildman–Crippen MR) is 118 cm³/mol. The van der Waals surface area contributed by atoms with Gasteiger partial charge in [0.15, 0.2) is 0 Å². The molecule has 0 aliphatic rings. The Morgan fingerprint density at radius 2 is 1.25 bits per heavy atom. The van der Waals surface area contributed by atoms with Crippen LogP contribution in [-0.2, 0) is 9.53 Å². The predicted octanol–water partition coefficient (Wildman–Crippen LogP) is 7.43. The third-order valence-electron chi connectivity index (χ3n) is 5.05. The Morgan fingerprint density at radius 1 is 0.786 bits per heavy atom. The van der Waals surface area contributed by atoms with Gasteiger partial charge in [-0.15, -0.1) is 0 Å². The lowest BCUT2D eigenvalue weighted by molar-refractivity contribution is -0.137. The van der Waals surface area contributed by atoms with Crippen LogP contribution in [0.1, 0.15) is 102 Å². The van der Waals surface area contributed by atoms with Crippen molar-refractivity contribution in [3.05, 3.63) is 35.9 Å². The first-order valence-electron chi connectivity index (χ1n) is 11.4. The quantitative estimate of drug-likeness (QED) is 0.171. The first-order chi connectivity index (χ1) is 13.7. The van der Waals surface area contributed by atoms with Crippen LogP contribution in [0.25, 0.3) is 6.08 Å².